The predicted molar refractivity (Wildman–Crippen MR) is 54.7 cm³/mol. The smallest absolute Gasteiger partial charge is 0.223 e. The first-order valence-corrected chi connectivity index (χ1v) is 4.56. The van der Waals surface area contributed by atoms with E-state index in [-0.39, 0.29) is 11.8 Å². The second kappa shape index (κ2) is 5.40. The Morgan fingerprint density at radius 2 is 2.07 bits per heavy atom. The second-order valence-corrected chi connectivity index (χ2v) is 3.24. The minimum Gasteiger partial charge on any atom is -0.384 e. The van der Waals surface area contributed by atoms with Gasteiger partial charge in [-0.15, -0.1) is 0 Å². The van der Waals surface area contributed by atoms with Crippen LogP contribution >= 0.6 is 0 Å². The van der Waals surface area contributed by atoms with Crippen molar-refractivity contribution in [3.05, 3.63) is 35.9 Å². The largest absolute Gasteiger partial charge is 0.384 e. The first-order chi connectivity index (χ1) is 6.74. The molecular weight excluding hydrogens is 178 g/mol. The fourth-order valence-corrected chi connectivity index (χ4v) is 1.34. The maximum absolute atomic E-state index is 11.0. The van der Waals surface area contributed by atoms with Gasteiger partial charge in [0, 0.05) is 7.11 Å². The molecule has 0 spiro atoms. The molecule has 3 heteroatoms. The van der Waals surface area contributed by atoms with E-state index < -0.39 is 0 Å². The van der Waals surface area contributed by atoms with Crippen molar-refractivity contribution < 1.29 is 9.53 Å². The summed E-state index contributed by atoms with van der Waals surface area (Å²) in [4.78, 5) is 11.0. The zero-order valence-corrected chi connectivity index (χ0v) is 8.27. The van der Waals surface area contributed by atoms with E-state index in [1.165, 1.54) is 0 Å². The first-order valence-electron chi connectivity index (χ1n) is 4.56. The minimum absolute atomic E-state index is 0.234. The van der Waals surface area contributed by atoms with Gasteiger partial charge in [0.05, 0.1) is 12.5 Å². The van der Waals surface area contributed by atoms with Crippen molar-refractivity contribution in [2.24, 2.45) is 11.7 Å². The SMILES string of the molecule is COC[C@H](Cc1ccccc1)C(N)=O. The standard InChI is InChI=1S/C11H15NO2/c1-14-8-10(11(12)13)7-9-5-3-2-4-6-9/h2-6,10H,7-8H2,1H3,(H2,12,13)/t10-/m0/s1. The van der Waals surface area contributed by atoms with E-state index in [0.29, 0.717) is 13.0 Å². The van der Waals surface area contributed by atoms with E-state index in [1.54, 1.807) is 7.11 Å². The van der Waals surface area contributed by atoms with Crippen molar-refractivity contribution in [1.29, 1.82) is 0 Å². The molecule has 2 N–H and O–H groups in total. The quantitative estimate of drug-likeness (QED) is 0.757. The molecule has 14 heavy (non-hydrogen) atoms. The van der Waals surface area contributed by atoms with Gasteiger partial charge in [-0.2, -0.15) is 0 Å². The molecule has 0 unspecified atom stereocenters. The molecule has 1 atom stereocenters. The van der Waals surface area contributed by atoms with Gasteiger partial charge < -0.3 is 10.5 Å². The zero-order chi connectivity index (χ0) is 10.4. The number of ether oxygens (including phenoxy) is 1. The van der Waals surface area contributed by atoms with Crippen LogP contribution in [0.15, 0.2) is 30.3 Å². The molecule has 0 saturated heterocycles. The summed E-state index contributed by atoms with van der Waals surface area (Å²) in [6, 6.07) is 9.79. The number of rotatable bonds is 5. The number of carbonyl (C=O) groups is 1. The van der Waals surface area contributed by atoms with Crippen molar-refractivity contribution >= 4 is 5.91 Å². The average Bonchev–Trinajstić information content (AvgIpc) is 2.18. The van der Waals surface area contributed by atoms with Gasteiger partial charge in [-0.1, -0.05) is 30.3 Å². The lowest BCUT2D eigenvalue weighted by atomic mass is 10.00. The van der Waals surface area contributed by atoms with Crippen molar-refractivity contribution in [2.45, 2.75) is 6.42 Å². The molecule has 1 amide bonds. The highest BCUT2D eigenvalue weighted by Crippen LogP contribution is 2.08. The van der Waals surface area contributed by atoms with Crippen LogP contribution in [0.2, 0.25) is 0 Å². The topological polar surface area (TPSA) is 52.3 Å². The third kappa shape index (κ3) is 3.18. The highest BCUT2D eigenvalue weighted by atomic mass is 16.5. The molecule has 0 aliphatic heterocycles. The van der Waals surface area contributed by atoms with Crippen molar-refractivity contribution in [1.82, 2.24) is 0 Å². The molecule has 0 bridgehead atoms. The Balaban J connectivity index is 2.60. The second-order valence-electron chi connectivity index (χ2n) is 3.24. The summed E-state index contributed by atoms with van der Waals surface area (Å²) in [7, 11) is 1.57. The van der Waals surface area contributed by atoms with E-state index in [0.717, 1.165) is 5.56 Å². The molecule has 0 saturated carbocycles. The van der Waals surface area contributed by atoms with Crippen LogP contribution in [0.5, 0.6) is 0 Å². The van der Waals surface area contributed by atoms with Gasteiger partial charge in [0.2, 0.25) is 5.91 Å². The fourth-order valence-electron chi connectivity index (χ4n) is 1.34. The van der Waals surface area contributed by atoms with Gasteiger partial charge in [-0.05, 0) is 12.0 Å². The molecule has 0 aromatic heterocycles. The monoisotopic (exact) mass is 193 g/mol. The van der Waals surface area contributed by atoms with Gasteiger partial charge >= 0.3 is 0 Å². The molecule has 1 aromatic rings. The van der Waals surface area contributed by atoms with Gasteiger partial charge in [0.1, 0.15) is 0 Å². The Morgan fingerprint density at radius 3 is 2.57 bits per heavy atom. The van der Waals surface area contributed by atoms with Crippen LogP contribution in [0.3, 0.4) is 0 Å². The minimum atomic E-state index is -0.310. The average molecular weight is 193 g/mol. The number of methoxy groups -OCH3 is 1. The van der Waals surface area contributed by atoms with Crippen LogP contribution in [0.1, 0.15) is 5.56 Å². The van der Waals surface area contributed by atoms with Gasteiger partial charge in [-0.25, -0.2) is 0 Å². The van der Waals surface area contributed by atoms with Crippen LogP contribution in [0.4, 0.5) is 0 Å². The number of primary amides is 1. The Morgan fingerprint density at radius 1 is 1.43 bits per heavy atom. The zero-order valence-electron chi connectivity index (χ0n) is 8.27. The van der Waals surface area contributed by atoms with E-state index in [2.05, 4.69) is 0 Å². The summed E-state index contributed by atoms with van der Waals surface area (Å²) in [6.45, 7) is 0.379. The highest BCUT2D eigenvalue weighted by molar-refractivity contribution is 5.77. The molecule has 0 fully saturated rings. The molecule has 3 nitrogen and oxygen atoms in total. The van der Waals surface area contributed by atoms with Gasteiger partial charge in [-0.3, -0.25) is 4.79 Å². The Kier molecular flexibility index (Phi) is 4.13. The van der Waals surface area contributed by atoms with Crippen LogP contribution in [-0.4, -0.2) is 19.6 Å². The molecule has 1 aromatic carbocycles. The van der Waals surface area contributed by atoms with Crippen LogP contribution < -0.4 is 5.73 Å². The molecule has 0 heterocycles. The molecule has 1 rings (SSSR count). The lowest BCUT2D eigenvalue weighted by molar-refractivity contribution is -0.123. The number of amides is 1. The highest BCUT2D eigenvalue weighted by Gasteiger charge is 2.15. The van der Waals surface area contributed by atoms with Crippen LogP contribution in [0, 0.1) is 5.92 Å². The summed E-state index contributed by atoms with van der Waals surface area (Å²) >= 11 is 0. The number of nitrogens with two attached hydrogens (primary N) is 1. The molecule has 0 aliphatic carbocycles. The van der Waals surface area contributed by atoms with Gasteiger partial charge in [0.25, 0.3) is 0 Å². The van der Waals surface area contributed by atoms with Crippen molar-refractivity contribution in [3.63, 3.8) is 0 Å². The Bertz CT molecular complexity index is 285. The maximum atomic E-state index is 11.0. The number of hydrogen-bond acceptors (Lipinski definition) is 2. The Hall–Kier alpha value is -1.35. The summed E-state index contributed by atoms with van der Waals surface area (Å²) in [5.74, 6) is -0.543. The van der Waals surface area contributed by atoms with Crippen molar-refractivity contribution in [2.75, 3.05) is 13.7 Å². The number of carbonyl (C=O) groups excluding carboxylic acids is 1. The van der Waals surface area contributed by atoms with Crippen molar-refractivity contribution in [3.8, 4) is 0 Å². The lowest BCUT2D eigenvalue weighted by Gasteiger charge is -2.11. The summed E-state index contributed by atoms with van der Waals surface area (Å²) in [6.07, 6.45) is 0.643. The number of benzene rings is 1. The normalized spacial score (nSPS) is 12.4. The molecule has 0 radical (unpaired) electrons. The van der Waals surface area contributed by atoms with E-state index in [1.807, 2.05) is 30.3 Å². The first kappa shape index (κ1) is 10.7. The van der Waals surface area contributed by atoms with E-state index >= 15 is 0 Å². The molecule has 0 aliphatic rings. The summed E-state index contributed by atoms with van der Waals surface area (Å²) in [5, 5.41) is 0. The summed E-state index contributed by atoms with van der Waals surface area (Å²) < 4.78 is 4.94. The molecule has 76 valence electrons. The van der Waals surface area contributed by atoms with Crippen LogP contribution in [0.25, 0.3) is 0 Å². The predicted octanol–water partition coefficient (Wildman–Crippen LogP) is 0.977. The molecular formula is C11H15NO2. The number of hydrogen-bond donors (Lipinski definition) is 1. The third-order valence-electron chi connectivity index (χ3n) is 2.10. The van der Waals surface area contributed by atoms with Crippen LogP contribution in [-0.2, 0) is 16.0 Å². The van der Waals surface area contributed by atoms with E-state index in [4.69, 9.17) is 10.5 Å². The van der Waals surface area contributed by atoms with Gasteiger partial charge in [0.15, 0.2) is 0 Å². The Labute approximate surface area is 83.9 Å². The van der Waals surface area contributed by atoms with E-state index in [9.17, 15) is 4.79 Å². The summed E-state index contributed by atoms with van der Waals surface area (Å²) in [5.41, 5.74) is 6.36. The fraction of sp³-hybridized carbons (Fsp3) is 0.364. The third-order valence-corrected chi connectivity index (χ3v) is 2.10. The maximum Gasteiger partial charge on any atom is 0.223 e. The lowest BCUT2D eigenvalue weighted by Crippen LogP contribution is -2.28.